The van der Waals surface area contributed by atoms with Crippen molar-refractivity contribution < 1.29 is 27.1 Å². The van der Waals surface area contributed by atoms with Crippen LogP contribution in [0, 0.1) is 0 Å². The highest BCUT2D eigenvalue weighted by Gasteiger charge is 2.38. The molecule has 0 aliphatic rings. The molecule has 0 saturated carbocycles. The van der Waals surface area contributed by atoms with Gasteiger partial charge < -0.3 is 14.5 Å². The maximum absolute atomic E-state index is 12.3. The minimum Gasteiger partial charge on any atom is -0.497 e. The molecule has 0 unspecified atom stereocenters. The summed E-state index contributed by atoms with van der Waals surface area (Å²) in [6.07, 6.45) is -4.95. The summed E-state index contributed by atoms with van der Waals surface area (Å²) < 4.78 is 47.6. The molecule has 0 aliphatic heterocycles. The van der Waals surface area contributed by atoms with Crippen LogP contribution < -0.4 is 10.1 Å². The van der Waals surface area contributed by atoms with Crippen LogP contribution in [0.1, 0.15) is 0 Å². The predicted molar refractivity (Wildman–Crippen MR) is 80.7 cm³/mol. The number of halogens is 3. The number of nitrogens with one attached hydrogen (secondary N) is 1. The topological polar surface area (TPSA) is 64.4 Å². The van der Waals surface area contributed by atoms with Crippen LogP contribution >= 0.6 is 0 Å². The second kappa shape index (κ2) is 5.88. The molecule has 1 aromatic heterocycles. The van der Waals surface area contributed by atoms with Crippen molar-refractivity contribution in [3.05, 3.63) is 42.5 Å². The van der Waals surface area contributed by atoms with E-state index in [1.807, 2.05) is 0 Å². The SMILES string of the molecule is COc1ccc2oc(-c3cccc(NC(=O)C(F)(F)F)c3)nc2c1. The van der Waals surface area contributed by atoms with Crippen LogP contribution in [0.25, 0.3) is 22.6 Å². The third-order valence-electron chi connectivity index (χ3n) is 3.22. The van der Waals surface area contributed by atoms with Crippen molar-refractivity contribution in [2.24, 2.45) is 0 Å². The van der Waals surface area contributed by atoms with Gasteiger partial charge in [-0.1, -0.05) is 6.07 Å². The lowest BCUT2D eigenvalue weighted by molar-refractivity contribution is -0.167. The lowest BCUT2D eigenvalue weighted by atomic mass is 10.2. The van der Waals surface area contributed by atoms with Gasteiger partial charge in [-0.3, -0.25) is 4.79 Å². The van der Waals surface area contributed by atoms with Gasteiger partial charge in [-0.15, -0.1) is 0 Å². The Hall–Kier alpha value is -3.03. The highest BCUT2D eigenvalue weighted by atomic mass is 19.4. The average molecular weight is 336 g/mol. The second-order valence-electron chi connectivity index (χ2n) is 4.89. The van der Waals surface area contributed by atoms with Gasteiger partial charge in [0.2, 0.25) is 5.89 Å². The fourth-order valence-electron chi connectivity index (χ4n) is 2.09. The van der Waals surface area contributed by atoms with Crippen LogP contribution in [0.5, 0.6) is 5.75 Å². The molecule has 0 spiro atoms. The molecule has 24 heavy (non-hydrogen) atoms. The van der Waals surface area contributed by atoms with E-state index in [9.17, 15) is 18.0 Å². The zero-order valence-corrected chi connectivity index (χ0v) is 12.3. The number of carbonyl (C=O) groups is 1. The quantitative estimate of drug-likeness (QED) is 0.785. The Labute approximate surface area is 134 Å². The van der Waals surface area contributed by atoms with E-state index in [2.05, 4.69) is 4.98 Å². The molecule has 0 bridgehead atoms. The first-order valence-corrected chi connectivity index (χ1v) is 6.80. The van der Waals surface area contributed by atoms with Crippen molar-refractivity contribution in [3.8, 4) is 17.2 Å². The highest BCUT2D eigenvalue weighted by molar-refractivity contribution is 5.95. The molecule has 1 heterocycles. The Morgan fingerprint density at radius 3 is 2.71 bits per heavy atom. The number of amides is 1. The minimum atomic E-state index is -4.95. The summed E-state index contributed by atoms with van der Waals surface area (Å²) in [5.41, 5.74) is 1.49. The molecule has 124 valence electrons. The molecule has 0 fully saturated rings. The number of oxazole rings is 1. The molecule has 8 heteroatoms. The molecule has 1 N–H and O–H groups in total. The molecule has 2 aromatic carbocycles. The number of anilines is 1. The molecule has 0 aliphatic carbocycles. The summed E-state index contributed by atoms with van der Waals surface area (Å²) in [4.78, 5) is 15.3. The Kier molecular flexibility index (Phi) is 3.88. The molecular formula is C16H11F3N2O3. The summed E-state index contributed by atoms with van der Waals surface area (Å²) >= 11 is 0. The van der Waals surface area contributed by atoms with Crippen molar-refractivity contribution >= 4 is 22.7 Å². The normalized spacial score (nSPS) is 11.5. The van der Waals surface area contributed by atoms with Gasteiger partial charge in [-0.25, -0.2) is 4.98 Å². The molecule has 0 atom stereocenters. The summed E-state index contributed by atoms with van der Waals surface area (Å²) in [6, 6.07) is 10.9. The number of aromatic nitrogens is 1. The number of nitrogens with zero attached hydrogens (tertiary/aromatic N) is 1. The van der Waals surface area contributed by atoms with Gasteiger partial charge in [0.25, 0.3) is 0 Å². The Morgan fingerprint density at radius 2 is 2.00 bits per heavy atom. The van der Waals surface area contributed by atoms with E-state index in [0.29, 0.717) is 22.4 Å². The molecule has 3 aromatic rings. The van der Waals surface area contributed by atoms with Crippen LogP contribution in [-0.2, 0) is 4.79 Å². The first kappa shape index (κ1) is 15.9. The van der Waals surface area contributed by atoms with Crippen LogP contribution in [0.3, 0.4) is 0 Å². The Bertz CT molecular complexity index is 903. The fourth-order valence-corrected chi connectivity index (χ4v) is 2.09. The number of rotatable bonds is 3. The van der Waals surface area contributed by atoms with Crippen LogP contribution in [-0.4, -0.2) is 24.2 Å². The van der Waals surface area contributed by atoms with E-state index in [4.69, 9.17) is 9.15 Å². The number of ether oxygens (including phenoxy) is 1. The number of fused-ring (bicyclic) bond motifs is 1. The highest BCUT2D eigenvalue weighted by Crippen LogP contribution is 2.28. The fraction of sp³-hybridized carbons (Fsp3) is 0.125. The van der Waals surface area contributed by atoms with Crippen molar-refractivity contribution in [2.45, 2.75) is 6.18 Å². The predicted octanol–water partition coefficient (Wildman–Crippen LogP) is 4.00. The maximum atomic E-state index is 12.3. The number of benzene rings is 2. The Balaban J connectivity index is 1.92. The number of alkyl halides is 3. The molecule has 1 amide bonds. The third kappa shape index (κ3) is 3.17. The summed E-state index contributed by atoms with van der Waals surface area (Å²) in [7, 11) is 1.52. The molecule has 5 nitrogen and oxygen atoms in total. The van der Waals surface area contributed by atoms with E-state index in [0.717, 1.165) is 0 Å². The maximum Gasteiger partial charge on any atom is 0.471 e. The van der Waals surface area contributed by atoms with Crippen LogP contribution in [0.4, 0.5) is 18.9 Å². The second-order valence-corrected chi connectivity index (χ2v) is 4.89. The van der Waals surface area contributed by atoms with Gasteiger partial charge >= 0.3 is 12.1 Å². The smallest absolute Gasteiger partial charge is 0.471 e. The van der Waals surface area contributed by atoms with Gasteiger partial charge in [0, 0.05) is 17.3 Å². The number of hydrogen-bond acceptors (Lipinski definition) is 4. The molecule has 0 radical (unpaired) electrons. The third-order valence-corrected chi connectivity index (χ3v) is 3.22. The molecular weight excluding hydrogens is 325 g/mol. The number of methoxy groups -OCH3 is 1. The van der Waals surface area contributed by atoms with Crippen LogP contribution in [0.2, 0.25) is 0 Å². The summed E-state index contributed by atoms with van der Waals surface area (Å²) in [5, 5.41) is 1.79. The van der Waals surface area contributed by atoms with Crippen molar-refractivity contribution in [3.63, 3.8) is 0 Å². The molecule has 3 rings (SSSR count). The van der Waals surface area contributed by atoms with Crippen molar-refractivity contribution in [2.75, 3.05) is 12.4 Å². The van der Waals surface area contributed by atoms with E-state index in [1.165, 1.54) is 25.3 Å². The van der Waals surface area contributed by atoms with Gasteiger partial charge in [-0.2, -0.15) is 13.2 Å². The van der Waals surface area contributed by atoms with E-state index in [1.54, 1.807) is 29.6 Å². The average Bonchev–Trinajstić information content (AvgIpc) is 2.97. The number of hydrogen-bond donors (Lipinski definition) is 1. The van der Waals surface area contributed by atoms with Gasteiger partial charge in [0.1, 0.15) is 11.3 Å². The van der Waals surface area contributed by atoms with Crippen molar-refractivity contribution in [1.82, 2.24) is 4.98 Å². The van der Waals surface area contributed by atoms with E-state index in [-0.39, 0.29) is 11.6 Å². The minimum absolute atomic E-state index is 0.00494. The first-order valence-electron chi connectivity index (χ1n) is 6.80. The zero-order chi connectivity index (χ0) is 17.3. The van der Waals surface area contributed by atoms with Gasteiger partial charge in [0.15, 0.2) is 5.58 Å². The first-order chi connectivity index (χ1) is 11.4. The Morgan fingerprint density at radius 1 is 1.21 bits per heavy atom. The van der Waals surface area contributed by atoms with Crippen molar-refractivity contribution in [1.29, 1.82) is 0 Å². The van der Waals surface area contributed by atoms with Crippen LogP contribution in [0.15, 0.2) is 46.9 Å². The molecule has 0 saturated heterocycles. The van der Waals surface area contributed by atoms with Gasteiger partial charge in [0.05, 0.1) is 7.11 Å². The largest absolute Gasteiger partial charge is 0.497 e. The zero-order valence-electron chi connectivity index (χ0n) is 12.3. The summed E-state index contributed by atoms with van der Waals surface area (Å²) in [6.45, 7) is 0. The van der Waals surface area contributed by atoms with E-state index < -0.39 is 12.1 Å². The lowest BCUT2D eigenvalue weighted by Crippen LogP contribution is -2.29. The number of carbonyl (C=O) groups excluding carboxylic acids is 1. The monoisotopic (exact) mass is 336 g/mol. The lowest BCUT2D eigenvalue weighted by Gasteiger charge is -2.08. The van der Waals surface area contributed by atoms with E-state index >= 15 is 0 Å². The summed E-state index contributed by atoms with van der Waals surface area (Å²) in [5.74, 6) is -1.21. The standard InChI is InChI=1S/C16H11F3N2O3/c1-23-11-5-6-13-12(8-11)21-14(24-13)9-3-2-4-10(7-9)20-15(22)16(17,18)19/h2-8H,1H3,(H,20,22). The van der Waals surface area contributed by atoms with Gasteiger partial charge in [-0.05, 0) is 30.3 Å².